The summed E-state index contributed by atoms with van der Waals surface area (Å²) in [6.07, 6.45) is 0.493. The molecule has 0 aliphatic carbocycles. The van der Waals surface area contributed by atoms with Crippen molar-refractivity contribution in [3.05, 3.63) is 54.3 Å². The fraction of sp³-hybridized carbons (Fsp3) is 0.250. The molecule has 0 spiro atoms. The molecule has 2 aromatic rings. The van der Waals surface area contributed by atoms with E-state index in [1.54, 1.807) is 12.1 Å². The van der Waals surface area contributed by atoms with E-state index in [1.807, 2.05) is 0 Å². The van der Waals surface area contributed by atoms with Crippen LogP contribution in [0.2, 0.25) is 0 Å². The van der Waals surface area contributed by atoms with Crippen molar-refractivity contribution in [1.82, 2.24) is 4.72 Å². The Morgan fingerprint density at radius 3 is 2.22 bits per heavy atom. The quantitative estimate of drug-likeness (QED) is 0.751. The van der Waals surface area contributed by atoms with E-state index in [9.17, 15) is 12.8 Å². The van der Waals surface area contributed by atoms with Crippen molar-refractivity contribution in [3.8, 4) is 11.5 Å². The predicted octanol–water partition coefficient (Wildman–Crippen LogP) is 2.58. The SMILES string of the molecule is COc1ccc(S(=O)(=O)NCCCOc2ccc(F)cc2)cc1. The summed E-state index contributed by atoms with van der Waals surface area (Å²) in [7, 11) is -2.03. The number of hydrogen-bond donors (Lipinski definition) is 1. The van der Waals surface area contributed by atoms with Crippen LogP contribution in [-0.2, 0) is 10.0 Å². The molecule has 0 radical (unpaired) electrons. The molecule has 2 aromatic carbocycles. The zero-order valence-electron chi connectivity index (χ0n) is 12.7. The van der Waals surface area contributed by atoms with Crippen molar-refractivity contribution in [1.29, 1.82) is 0 Å². The average molecular weight is 339 g/mol. The molecule has 0 aromatic heterocycles. The van der Waals surface area contributed by atoms with Crippen LogP contribution in [0.5, 0.6) is 11.5 Å². The van der Waals surface area contributed by atoms with Crippen LogP contribution in [0.15, 0.2) is 53.4 Å². The molecule has 0 aliphatic heterocycles. The first-order chi connectivity index (χ1) is 11.0. The maximum Gasteiger partial charge on any atom is 0.240 e. The van der Waals surface area contributed by atoms with E-state index >= 15 is 0 Å². The smallest absolute Gasteiger partial charge is 0.240 e. The van der Waals surface area contributed by atoms with Crippen molar-refractivity contribution < 1.29 is 22.3 Å². The van der Waals surface area contributed by atoms with Crippen LogP contribution in [0.25, 0.3) is 0 Å². The Labute approximate surface area is 135 Å². The maximum atomic E-state index is 12.7. The van der Waals surface area contributed by atoms with E-state index in [0.29, 0.717) is 24.5 Å². The molecule has 0 saturated heterocycles. The third kappa shape index (κ3) is 5.22. The molecule has 0 amide bonds. The van der Waals surface area contributed by atoms with E-state index in [4.69, 9.17) is 9.47 Å². The van der Waals surface area contributed by atoms with Crippen LogP contribution in [0, 0.1) is 5.82 Å². The van der Waals surface area contributed by atoms with Gasteiger partial charge in [-0.3, -0.25) is 0 Å². The van der Waals surface area contributed by atoms with Crippen molar-refractivity contribution in [2.24, 2.45) is 0 Å². The molecule has 2 rings (SSSR count). The zero-order valence-corrected chi connectivity index (χ0v) is 13.5. The molecule has 0 fully saturated rings. The number of benzene rings is 2. The highest BCUT2D eigenvalue weighted by Crippen LogP contribution is 2.15. The number of halogens is 1. The van der Waals surface area contributed by atoms with Crippen molar-refractivity contribution in [2.45, 2.75) is 11.3 Å². The van der Waals surface area contributed by atoms with Gasteiger partial charge in [-0.2, -0.15) is 0 Å². The van der Waals surface area contributed by atoms with Crippen LogP contribution < -0.4 is 14.2 Å². The summed E-state index contributed by atoms with van der Waals surface area (Å²) in [5.74, 6) is 0.811. The zero-order chi connectivity index (χ0) is 16.7. The van der Waals surface area contributed by atoms with Gasteiger partial charge in [-0.15, -0.1) is 0 Å². The predicted molar refractivity (Wildman–Crippen MR) is 84.7 cm³/mol. The maximum absolute atomic E-state index is 12.7. The van der Waals surface area contributed by atoms with Gasteiger partial charge in [0, 0.05) is 6.54 Å². The van der Waals surface area contributed by atoms with Crippen LogP contribution in [0.3, 0.4) is 0 Å². The van der Waals surface area contributed by atoms with E-state index in [-0.39, 0.29) is 17.3 Å². The molecule has 0 aliphatic rings. The lowest BCUT2D eigenvalue weighted by atomic mass is 10.3. The minimum Gasteiger partial charge on any atom is -0.497 e. The molecule has 23 heavy (non-hydrogen) atoms. The van der Waals surface area contributed by atoms with Crippen LogP contribution in [-0.4, -0.2) is 28.7 Å². The van der Waals surface area contributed by atoms with Crippen molar-refractivity contribution in [2.75, 3.05) is 20.3 Å². The van der Waals surface area contributed by atoms with Crippen molar-refractivity contribution >= 4 is 10.0 Å². The number of hydrogen-bond acceptors (Lipinski definition) is 4. The van der Waals surface area contributed by atoms with Gasteiger partial charge in [0.05, 0.1) is 18.6 Å². The highest BCUT2D eigenvalue weighted by Gasteiger charge is 2.12. The highest BCUT2D eigenvalue weighted by atomic mass is 32.2. The molecule has 1 N–H and O–H groups in total. The van der Waals surface area contributed by atoms with Gasteiger partial charge in [0.15, 0.2) is 0 Å². The van der Waals surface area contributed by atoms with Gasteiger partial charge in [0.2, 0.25) is 10.0 Å². The van der Waals surface area contributed by atoms with E-state index in [0.717, 1.165) is 0 Å². The van der Waals surface area contributed by atoms with E-state index in [1.165, 1.54) is 43.5 Å². The number of rotatable bonds is 8. The number of ether oxygens (including phenoxy) is 2. The topological polar surface area (TPSA) is 64.6 Å². The molecule has 0 unspecified atom stereocenters. The van der Waals surface area contributed by atoms with Crippen LogP contribution in [0.4, 0.5) is 4.39 Å². The molecule has 0 saturated carbocycles. The summed E-state index contributed by atoms with van der Waals surface area (Å²) in [5.41, 5.74) is 0. The second kappa shape index (κ2) is 7.94. The number of methoxy groups -OCH3 is 1. The molecule has 0 atom stereocenters. The summed E-state index contributed by atoms with van der Waals surface area (Å²) < 4.78 is 49.7. The van der Waals surface area contributed by atoms with Crippen LogP contribution in [0.1, 0.15) is 6.42 Å². The fourth-order valence-electron chi connectivity index (χ4n) is 1.84. The number of nitrogens with one attached hydrogen (secondary N) is 1. The van der Waals surface area contributed by atoms with Crippen molar-refractivity contribution in [3.63, 3.8) is 0 Å². The third-order valence-corrected chi connectivity index (χ3v) is 4.54. The molecule has 0 bridgehead atoms. The van der Waals surface area contributed by atoms with Gasteiger partial charge in [0.1, 0.15) is 17.3 Å². The lowest BCUT2D eigenvalue weighted by Crippen LogP contribution is -2.25. The molecule has 124 valence electrons. The first-order valence-electron chi connectivity index (χ1n) is 7.03. The summed E-state index contributed by atoms with van der Waals surface area (Å²) >= 11 is 0. The van der Waals surface area contributed by atoms with Gasteiger partial charge in [-0.1, -0.05) is 0 Å². The third-order valence-electron chi connectivity index (χ3n) is 3.07. The minimum absolute atomic E-state index is 0.178. The van der Waals surface area contributed by atoms with E-state index in [2.05, 4.69) is 4.72 Å². The Morgan fingerprint density at radius 1 is 1.00 bits per heavy atom. The first kappa shape index (κ1) is 17.2. The monoisotopic (exact) mass is 339 g/mol. The summed E-state index contributed by atoms with van der Waals surface area (Å²) in [6.45, 7) is 0.576. The lowest BCUT2D eigenvalue weighted by molar-refractivity contribution is 0.311. The Hall–Kier alpha value is -2.12. The summed E-state index contributed by atoms with van der Waals surface area (Å²) in [4.78, 5) is 0.178. The Kier molecular flexibility index (Phi) is 5.95. The fourth-order valence-corrected chi connectivity index (χ4v) is 2.91. The average Bonchev–Trinajstić information content (AvgIpc) is 2.56. The number of sulfonamides is 1. The normalized spacial score (nSPS) is 11.2. The van der Waals surface area contributed by atoms with Gasteiger partial charge in [-0.25, -0.2) is 17.5 Å². The second-order valence-electron chi connectivity index (χ2n) is 4.73. The minimum atomic E-state index is -3.55. The lowest BCUT2D eigenvalue weighted by Gasteiger charge is -2.08. The summed E-state index contributed by atoms with van der Waals surface area (Å²) in [6, 6.07) is 11.8. The van der Waals surface area contributed by atoms with Gasteiger partial charge in [0.25, 0.3) is 0 Å². The molecule has 0 heterocycles. The second-order valence-corrected chi connectivity index (χ2v) is 6.50. The standard InChI is InChI=1S/C16H18FNO4S/c1-21-14-7-9-16(10-8-14)23(19,20)18-11-2-12-22-15-5-3-13(17)4-6-15/h3-10,18H,2,11-12H2,1H3. The van der Waals surface area contributed by atoms with Gasteiger partial charge < -0.3 is 9.47 Å². The Balaban J connectivity index is 1.77. The molecular formula is C16H18FNO4S. The largest absolute Gasteiger partial charge is 0.497 e. The first-order valence-corrected chi connectivity index (χ1v) is 8.52. The molecule has 7 heteroatoms. The molecular weight excluding hydrogens is 321 g/mol. The summed E-state index contributed by atoms with van der Waals surface area (Å²) in [5, 5.41) is 0. The Morgan fingerprint density at radius 2 is 1.61 bits per heavy atom. The Bertz CT molecular complexity index is 715. The molecule has 5 nitrogen and oxygen atoms in total. The van der Waals surface area contributed by atoms with E-state index < -0.39 is 10.0 Å². The van der Waals surface area contributed by atoms with Gasteiger partial charge >= 0.3 is 0 Å². The van der Waals surface area contributed by atoms with Gasteiger partial charge in [-0.05, 0) is 55.0 Å². The van der Waals surface area contributed by atoms with Crippen LogP contribution >= 0.6 is 0 Å². The highest BCUT2D eigenvalue weighted by molar-refractivity contribution is 7.89.